The topological polar surface area (TPSA) is 83.3 Å². The molecular formula is C21H16N4O2. The number of hydrazone groups is 1. The Morgan fingerprint density at radius 3 is 2.81 bits per heavy atom. The van der Waals surface area contributed by atoms with Crippen LogP contribution in [0.2, 0.25) is 0 Å². The van der Waals surface area contributed by atoms with Crippen molar-refractivity contribution >= 4 is 29.0 Å². The molecule has 0 aliphatic carbocycles. The van der Waals surface area contributed by atoms with Crippen LogP contribution in [0.15, 0.2) is 82.5 Å². The number of amides is 1. The number of aromatic amines is 1. The van der Waals surface area contributed by atoms with Gasteiger partial charge < -0.3 is 4.42 Å². The van der Waals surface area contributed by atoms with Crippen LogP contribution in [0, 0.1) is 0 Å². The third-order valence-corrected chi connectivity index (χ3v) is 4.00. The Morgan fingerprint density at radius 2 is 1.96 bits per heavy atom. The average Bonchev–Trinajstić information content (AvgIpc) is 3.39. The second kappa shape index (κ2) is 7.53. The van der Waals surface area contributed by atoms with Crippen LogP contribution in [0.25, 0.3) is 28.1 Å². The van der Waals surface area contributed by atoms with E-state index in [9.17, 15) is 4.79 Å². The zero-order valence-corrected chi connectivity index (χ0v) is 14.3. The van der Waals surface area contributed by atoms with Crippen LogP contribution in [0.3, 0.4) is 0 Å². The molecule has 0 aliphatic rings. The summed E-state index contributed by atoms with van der Waals surface area (Å²) < 4.78 is 5.15. The number of nitrogens with one attached hydrogen (secondary N) is 2. The van der Waals surface area contributed by atoms with Crippen LogP contribution in [-0.4, -0.2) is 22.3 Å². The van der Waals surface area contributed by atoms with Gasteiger partial charge in [-0.1, -0.05) is 36.4 Å². The number of furan rings is 1. The summed E-state index contributed by atoms with van der Waals surface area (Å²) in [6, 6.07) is 19.5. The number of hydrogen-bond donors (Lipinski definition) is 2. The van der Waals surface area contributed by atoms with E-state index in [1.54, 1.807) is 30.5 Å². The molecule has 0 unspecified atom stereocenters. The van der Waals surface area contributed by atoms with Crippen LogP contribution in [0.4, 0.5) is 0 Å². The Labute approximate surface area is 155 Å². The van der Waals surface area contributed by atoms with Crippen LogP contribution in [0.5, 0.6) is 0 Å². The van der Waals surface area contributed by atoms with Gasteiger partial charge in [-0.05, 0) is 47.2 Å². The molecule has 0 saturated carbocycles. The molecule has 132 valence electrons. The fourth-order valence-corrected chi connectivity index (χ4v) is 2.66. The molecule has 0 radical (unpaired) electrons. The zero-order chi connectivity index (χ0) is 18.5. The SMILES string of the molecule is O=C(NN=C/C=C/c1ccco1)c1cc(-c2ccc3ccccc3c2)n[nH]1. The number of aromatic nitrogens is 2. The number of nitrogens with zero attached hydrogens (tertiary/aromatic N) is 2. The molecule has 4 rings (SSSR count). The smallest absolute Gasteiger partial charge is 0.289 e. The first kappa shape index (κ1) is 16.5. The van der Waals surface area contributed by atoms with Gasteiger partial charge in [0.05, 0.1) is 12.0 Å². The molecule has 4 aromatic rings. The molecule has 2 aromatic heterocycles. The summed E-state index contributed by atoms with van der Waals surface area (Å²) in [6.07, 6.45) is 6.47. The molecule has 6 nitrogen and oxygen atoms in total. The molecule has 2 N–H and O–H groups in total. The molecule has 2 aromatic carbocycles. The number of rotatable bonds is 5. The molecule has 0 saturated heterocycles. The van der Waals surface area contributed by atoms with E-state index in [2.05, 4.69) is 26.8 Å². The Hall–Kier alpha value is -3.93. The van der Waals surface area contributed by atoms with E-state index in [0.717, 1.165) is 16.3 Å². The lowest BCUT2D eigenvalue weighted by Crippen LogP contribution is -2.17. The maximum absolute atomic E-state index is 12.2. The zero-order valence-electron chi connectivity index (χ0n) is 14.3. The first-order valence-electron chi connectivity index (χ1n) is 8.38. The van der Waals surface area contributed by atoms with Crippen molar-refractivity contribution in [3.05, 3.63) is 84.5 Å². The van der Waals surface area contributed by atoms with Gasteiger partial charge >= 0.3 is 0 Å². The van der Waals surface area contributed by atoms with Crippen LogP contribution in [-0.2, 0) is 0 Å². The lowest BCUT2D eigenvalue weighted by Gasteiger charge is -2.00. The maximum Gasteiger partial charge on any atom is 0.289 e. The van der Waals surface area contributed by atoms with Crippen molar-refractivity contribution in [2.24, 2.45) is 5.10 Å². The lowest BCUT2D eigenvalue weighted by molar-refractivity contribution is 0.0950. The summed E-state index contributed by atoms with van der Waals surface area (Å²) in [4.78, 5) is 12.2. The highest BCUT2D eigenvalue weighted by molar-refractivity contribution is 5.94. The first-order valence-corrected chi connectivity index (χ1v) is 8.38. The molecule has 1 amide bonds. The Bertz CT molecular complexity index is 1120. The van der Waals surface area contributed by atoms with Crippen molar-refractivity contribution in [2.75, 3.05) is 0 Å². The van der Waals surface area contributed by atoms with Gasteiger partial charge in [0.1, 0.15) is 11.5 Å². The van der Waals surface area contributed by atoms with E-state index in [1.165, 1.54) is 6.21 Å². The fraction of sp³-hybridized carbons (Fsp3) is 0. The summed E-state index contributed by atoms with van der Waals surface area (Å²) in [5.41, 5.74) is 4.43. The molecule has 0 fully saturated rings. The number of H-pyrrole nitrogens is 1. The van der Waals surface area contributed by atoms with Crippen molar-refractivity contribution in [1.82, 2.24) is 15.6 Å². The molecule has 0 spiro atoms. The second-order valence-electron chi connectivity index (χ2n) is 5.82. The summed E-state index contributed by atoms with van der Waals surface area (Å²) >= 11 is 0. The van der Waals surface area contributed by atoms with E-state index in [1.807, 2.05) is 42.5 Å². The number of allylic oxidation sites excluding steroid dienone is 1. The largest absolute Gasteiger partial charge is 0.465 e. The van der Waals surface area contributed by atoms with Gasteiger partial charge in [0.25, 0.3) is 5.91 Å². The summed E-state index contributed by atoms with van der Waals surface area (Å²) in [5.74, 6) is 0.346. The molecule has 0 bridgehead atoms. The van der Waals surface area contributed by atoms with Crippen molar-refractivity contribution in [3.8, 4) is 11.3 Å². The van der Waals surface area contributed by atoms with E-state index < -0.39 is 0 Å². The Balaban J connectivity index is 1.42. The van der Waals surface area contributed by atoms with E-state index >= 15 is 0 Å². The normalized spacial score (nSPS) is 11.6. The van der Waals surface area contributed by atoms with Gasteiger partial charge in [0.2, 0.25) is 0 Å². The lowest BCUT2D eigenvalue weighted by atomic mass is 10.1. The Morgan fingerprint density at radius 1 is 1.07 bits per heavy atom. The first-order chi connectivity index (χ1) is 13.3. The number of fused-ring (bicyclic) bond motifs is 1. The van der Waals surface area contributed by atoms with Crippen LogP contribution < -0.4 is 5.43 Å². The third-order valence-electron chi connectivity index (χ3n) is 4.00. The highest BCUT2D eigenvalue weighted by Crippen LogP contribution is 2.23. The summed E-state index contributed by atoms with van der Waals surface area (Å²) in [5, 5.41) is 13.1. The van der Waals surface area contributed by atoms with Crippen molar-refractivity contribution in [3.63, 3.8) is 0 Å². The van der Waals surface area contributed by atoms with Crippen LogP contribution >= 0.6 is 0 Å². The summed E-state index contributed by atoms with van der Waals surface area (Å²) in [7, 11) is 0. The quantitative estimate of drug-likeness (QED) is 0.414. The molecular weight excluding hydrogens is 340 g/mol. The predicted octanol–water partition coefficient (Wildman–Crippen LogP) is 4.25. The third kappa shape index (κ3) is 3.85. The number of carbonyl (C=O) groups is 1. The average molecular weight is 356 g/mol. The van der Waals surface area contributed by atoms with Gasteiger partial charge in [-0.2, -0.15) is 10.2 Å². The van der Waals surface area contributed by atoms with E-state index in [-0.39, 0.29) is 5.91 Å². The van der Waals surface area contributed by atoms with Crippen molar-refractivity contribution in [2.45, 2.75) is 0 Å². The predicted molar refractivity (Wildman–Crippen MR) is 105 cm³/mol. The highest BCUT2D eigenvalue weighted by atomic mass is 16.3. The van der Waals surface area contributed by atoms with Gasteiger partial charge in [0, 0.05) is 11.8 Å². The number of benzene rings is 2. The number of hydrogen-bond acceptors (Lipinski definition) is 4. The van der Waals surface area contributed by atoms with Crippen molar-refractivity contribution < 1.29 is 9.21 Å². The molecule has 0 atom stereocenters. The monoisotopic (exact) mass is 356 g/mol. The minimum absolute atomic E-state index is 0.338. The summed E-state index contributed by atoms with van der Waals surface area (Å²) in [6.45, 7) is 0. The minimum Gasteiger partial charge on any atom is -0.465 e. The molecule has 27 heavy (non-hydrogen) atoms. The molecule has 6 heteroatoms. The highest BCUT2D eigenvalue weighted by Gasteiger charge is 2.10. The molecule has 0 aliphatic heterocycles. The second-order valence-corrected chi connectivity index (χ2v) is 5.82. The Kier molecular flexibility index (Phi) is 4.61. The number of carbonyl (C=O) groups excluding carboxylic acids is 1. The fourth-order valence-electron chi connectivity index (χ4n) is 2.66. The van der Waals surface area contributed by atoms with Gasteiger partial charge in [-0.15, -0.1) is 0 Å². The maximum atomic E-state index is 12.2. The van der Waals surface area contributed by atoms with Gasteiger partial charge in [-0.25, -0.2) is 5.43 Å². The standard InChI is InChI=1S/C21H16N4O2/c26-21(25-22-11-3-7-18-8-4-12-27-18)20-14-19(23-24-20)17-10-9-15-5-1-2-6-16(15)13-17/h1-14H,(H,23,24)(H,25,26)/b7-3+,22-11?. The van der Waals surface area contributed by atoms with E-state index in [0.29, 0.717) is 17.1 Å². The van der Waals surface area contributed by atoms with Crippen molar-refractivity contribution in [1.29, 1.82) is 0 Å². The van der Waals surface area contributed by atoms with Gasteiger partial charge in [-0.3, -0.25) is 9.89 Å². The van der Waals surface area contributed by atoms with Crippen LogP contribution in [0.1, 0.15) is 16.2 Å². The van der Waals surface area contributed by atoms with E-state index in [4.69, 9.17) is 4.42 Å². The molecule has 2 heterocycles. The van der Waals surface area contributed by atoms with Gasteiger partial charge in [0.15, 0.2) is 0 Å². The minimum atomic E-state index is -0.364.